The monoisotopic (exact) mass is 355 g/mol. The van der Waals surface area contributed by atoms with Crippen molar-refractivity contribution in [2.24, 2.45) is 4.99 Å². The second-order valence-corrected chi connectivity index (χ2v) is 7.66. The number of carbonyl (C=O) groups excluding carboxylic acids is 1. The molecule has 1 amide bonds. The van der Waals surface area contributed by atoms with E-state index < -0.39 is 10.0 Å². The molecule has 0 aliphatic carbocycles. The van der Waals surface area contributed by atoms with E-state index in [0.29, 0.717) is 17.9 Å². The van der Waals surface area contributed by atoms with Crippen LogP contribution in [0.3, 0.4) is 0 Å². The minimum Gasteiger partial charge on any atom is -0.312 e. The van der Waals surface area contributed by atoms with Crippen LogP contribution < -0.4 is 9.62 Å². The molecule has 0 fully saturated rings. The molecule has 0 atom stereocenters. The summed E-state index contributed by atoms with van der Waals surface area (Å²) >= 11 is 0. The van der Waals surface area contributed by atoms with Gasteiger partial charge in [0.15, 0.2) is 0 Å². The zero-order valence-corrected chi connectivity index (χ0v) is 14.3. The van der Waals surface area contributed by atoms with Gasteiger partial charge in [-0.3, -0.25) is 14.5 Å². The predicted octanol–water partition coefficient (Wildman–Crippen LogP) is 1.70. The second-order valence-electron chi connectivity index (χ2n) is 6.01. The van der Waals surface area contributed by atoms with Gasteiger partial charge in [0.05, 0.1) is 11.4 Å². The van der Waals surface area contributed by atoms with Crippen molar-refractivity contribution >= 4 is 27.5 Å². The highest BCUT2D eigenvalue weighted by atomic mass is 32.2. The number of para-hydroxylation sites is 1. The highest BCUT2D eigenvalue weighted by Gasteiger charge is 2.30. The van der Waals surface area contributed by atoms with Crippen molar-refractivity contribution in [3.05, 3.63) is 59.7 Å². The van der Waals surface area contributed by atoms with E-state index in [2.05, 4.69) is 9.71 Å². The summed E-state index contributed by atoms with van der Waals surface area (Å²) in [6.45, 7) is 0.925. The maximum atomic E-state index is 12.5. The molecule has 25 heavy (non-hydrogen) atoms. The first-order valence-electron chi connectivity index (χ1n) is 8.11. The summed E-state index contributed by atoms with van der Waals surface area (Å²) in [4.78, 5) is 18.8. The molecule has 7 heteroatoms. The molecule has 0 unspecified atom stereocenters. The van der Waals surface area contributed by atoms with E-state index in [9.17, 15) is 13.2 Å². The largest absolute Gasteiger partial charge is 0.312 e. The first-order valence-corrected chi connectivity index (χ1v) is 9.59. The van der Waals surface area contributed by atoms with Crippen LogP contribution in [-0.4, -0.2) is 33.3 Å². The van der Waals surface area contributed by atoms with Gasteiger partial charge in [0, 0.05) is 24.2 Å². The maximum absolute atomic E-state index is 12.5. The van der Waals surface area contributed by atoms with E-state index in [1.54, 1.807) is 29.2 Å². The second kappa shape index (κ2) is 6.00. The summed E-state index contributed by atoms with van der Waals surface area (Å²) in [6, 6.07) is 14.6. The van der Waals surface area contributed by atoms with Crippen LogP contribution in [0.25, 0.3) is 0 Å². The van der Waals surface area contributed by atoms with Gasteiger partial charge in [-0.25, -0.2) is 8.42 Å². The van der Waals surface area contributed by atoms with E-state index in [1.807, 2.05) is 24.3 Å². The van der Waals surface area contributed by atoms with Crippen LogP contribution in [0.2, 0.25) is 0 Å². The topological polar surface area (TPSA) is 78.8 Å². The molecule has 6 nitrogen and oxygen atoms in total. The molecule has 2 aliphatic heterocycles. The minimum absolute atomic E-state index is 0.00318. The molecular formula is C18H17N3O3S. The van der Waals surface area contributed by atoms with Gasteiger partial charge in [-0.2, -0.15) is 0 Å². The fourth-order valence-corrected chi connectivity index (χ4v) is 4.50. The standard InChI is InChI=1S/C18H17N3O3S/c22-17(21-12-10-13-5-1-3-7-15(13)21)9-11-19-18-14-6-2-4-8-16(14)25(23,24)20-18/h1-8H,9-12H2,(H,19,20). The van der Waals surface area contributed by atoms with E-state index in [0.717, 1.165) is 12.1 Å². The Labute approximate surface area is 146 Å². The molecular weight excluding hydrogens is 338 g/mol. The van der Waals surface area contributed by atoms with Crippen molar-refractivity contribution in [2.45, 2.75) is 17.7 Å². The molecule has 2 aliphatic rings. The van der Waals surface area contributed by atoms with Gasteiger partial charge < -0.3 is 4.90 Å². The van der Waals surface area contributed by atoms with Crippen molar-refractivity contribution < 1.29 is 13.2 Å². The Morgan fingerprint density at radius 1 is 1.12 bits per heavy atom. The molecule has 4 rings (SSSR count). The number of anilines is 1. The summed E-state index contributed by atoms with van der Waals surface area (Å²) in [7, 11) is -3.54. The fraction of sp³-hybridized carbons (Fsp3) is 0.222. The Morgan fingerprint density at radius 3 is 2.76 bits per heavy atom. The minimum atomic E-state index is -3.54. The molecule has 128 valence electrons. The van der Waals surface area contributed by atoms with Crippen molar-refractivity contribution in [3.63, 3.8) is 0 Å². The Bertz CT molecular complexity index is 983. The van der Waals surface area contributed by atoms with Crippen LogP contribution in [0, 0.1) is 0 Å². The third kappa shape index (κ3) is 2.80. The molecule has 2 aromatic rings. The number of amides is 1. The van der Waals surface area contributed by atoms with Crippen LogP contribution in [-0.2, 0) is 21.2 Å². The predicted molar refractivity (Wildman–Crippen MR) is 95.3 cm³/mol. The lowest BCUT2D eigenvalue weighted by Crippen LogP contribution is -2.29. The molecule has 0 spiro atoms. The number of carbonyl (C=O) groups is 1. The summed E-state index contributed by atoms with van der Waals surface area (Å²) in [5.74, 6) is 0.314. The van der Waals surface area contributed by atoms with Gasteiger partial charge in [0.2, 0.25) is 5.91 Å². The highest BCUT2D eigenvalue weighted by Crippen LogP contribution is 2.28. The number of benzene rings is 2. The zero-order valence-electron chi connectivity index (χ0n) is 13.5. The molecule has 0 aromatic heterocycles. The number of nitrogens with zero attached hydrogens (tertiary/aromatic N) is 2. The van der Waals surface area contributed by atoms with E-state index >= 15 is 0 Å². The summed E-state index contributed by atoms with van der Waals surface area (Å²) < 4.78 is 26.5. The summed E-state index contributed by atoms with van der Waals surface area (Å²) in [6.07, 6.45) is 1.10. The first-order chi connectivity index (χ1) is 12.1. The lowest BCUT2D eigenvalue weighted by Gasteiger charge is -2.16. The van der Waals surface area contributed by atoms with Crippen LogP contribution in [0.5, 0.6) is 0 Å². The fourth-order valence-electron chi connectivity index (χ4n) is 3.25. The Hall–Kier alpha value is -2.67. The Kier molecular flexibility index (Phi) is 3.80. The Balaban J connectivity index is 1.47. The molecule has 0 bridgehead atoms. The maximum Gasteiger partial charge on any atom is 0.263 e. The van der Waals surface area contributed by atoms with Gasteiger partial charge in [0.25, 0.3) is 10.0 Å². The quantitative estimate of drug-likeness (QED) is 0.910. The molecule has 0 radical (unpaired) electrons. The third-order valence-electron chi connectivity index (χ3n) is 4.45. The van der Waals surface area contributed by atoms with Gasteiger partial charge in [0.1, 0.15) is 5.84 Å². The summed E-state index contributed by atoms with van der Waals surface area (Å²) in [5, 5.41) is 0. The number of fused-ring (bicyclic) bond motifs is 2. The Morgan fingerprint density at radius 2 is 1.88 bits per heavy atom. The van der Waals surface area contributed by atoms with Crippen molar-refractivity contribution in [1.82, 2.24) is 4.72 Å². The number of nitrogens with one attached hydrogen (secondary N) is 1. The number of sulfonamides is 1. The van der Waals surface area contributed by atoms with Gasteiger partial charge in [-0.1, -0.05) is 30.3 Å². The molecule has 0 saturated carbocycles. The van der Waals surface area contributed by atoms with Gasteiger partial charge in [-0.15, -0.1) is 0 Å². The van der Waals surface area contributed by atoms with Crippen LogP contribution in [0.1, 0.15) is 17.5 Å². The van der Waals surface area contributed by atoms with Crippen molar-refractivity contribution in [2.75, 3.05) is 18.0 Å². The average Bonchev–Trinajstić information content (AvgIpc) is 3.15. The van der Waals surface area contributed by atoms with Crippen molar-refractivity contribution in [1.29, 1.82) is 0 Å². The highest BCUT2D eigenvalue weighted by molar-refractivity contribution is 7.90. The molecule has 2 heterocycles. The number of rotatable bonds is 3. The van der Waals surface area contributed by atoms with Crippen LogP contribution in [0.15, 0.2) is 58.4 Å². The number of hydrogen-bond donors (Lipinski definition) is 1. The number of aliphatic imine (C=N–C) groups is 1. The molecule has 1 N–H and O–H groups in total. The average molecular weight is 355 g/mol. The van der Waals surface area contributed by atoms with E-state index in [1.165, 1.54) is 5.56 Å². The van der Waals surface area contributed by atoms with E-state index in [-0.39, 0.29) is 23.8 Å². The van der Waals surface area contributed by atoms with Crippen molar-refractivity contribution in [3.8, 4) is 0 Å². The smallest absolute Gasteiger partial charge is 0.263 e. The van der Waals surface area contributed by atoms with E-state index in [4.69, 9.17) is 0 Å². The number of hydrogen-bond acceptors (Lipinski definition) is 4. The van der Waals surface area contributed by atoms with Crippen LogP contribution >= 0.6 is 0 Å². The van der Waals surface area contributed by atoms with Gasteiger partial charge in [-0.05, 0) is 30.2 Å². The lowest BCUT2D eigenvalue weighted by molar-refractivity contribution is -0.118. The third-order valence-corrected chi connectivity index (χ3v) is 5.84. The lowest BCUT2D eigenvalue weighted by atomic mass is 10.2. The number of amidine groups is 1. The first kappa shape index (κ1) is 15.8. The normalized spacial score (nSPS) is 18.7. The molecule has 2 aromatic carbocycles. The zero-order chi connectivity index (χ0) is 17.4. The van der Waals surface area contributed by atoms with Gasteiger partial charge >= 0.3 is 0 Å². The van der Waals surface area contributed by atoms with Crippen LogP contribution in [0.4, 0.5) is 5.69 Å². The SMILES string of the molecule is O=C(CCN=C1NS(=O)(=O)c2ccccc21)N1CCc2ccccc21. The summed E-state index contributed by atoms with van der Waals surface area (Å²) in [5.41, 5.74) is 2.70. The molecule has 0 saturated heterocycles.